The number of piperidine rings is 1. The average Bonchev–Trinajstić information content (AvgIpc) is 3.15. The normalized spacial score (nSPS) is 18.9. The predicted octanol–water partition coefficient (Wildman–Crippen LogP) is 2.63. The maximum atomic E-state index is 12.7. The van der Waals surface area contributed by atoms with Crippen LogP contribution in [0.15, 0.2) is 42.5 Å². The molecule has 0 aromatic heterocycles. The first kappa shape index (κ1) is 16.6. The molecular weight excluding hydrogens is 328 g/mol. The first-order valence-electron chi connectivity index (χ1n) is 9.06. The molecule has 26 heavy (non-hydrogen) atoms. The molecule has 2 aromatic carbocycles. The number of likely N-dealkylation sites (tertiary alicyclic amines) is 1. The van der Waals surface area contributed by atoms with Gasteiger partial charge >= 0.3 is 0 Å². The Morgan fingerprint density at radius 2 is 1.85 bits per heavy atom. The number of fused-ring (bicyclic) bond motifs is 1. The van der Waals surface area contributed by atoms with Crippen LogP contribution < -0.4 is 10.5 Å². The van der Waals surface area contributed by atoms with E-state index < -0.39 is 0 Å². The molecule has 2 aliphatic rings. The van der Waals surface area contributed by atoms with Crippen LogP contribution in [0.25, 0.3) is 11.1 Å². The molecule has 0 unspecified atom stereocenters. The highest BCUT2D eigenvalue weighted by molar-refractivity contribution is 5.95. The van der Waals surface area contributed by atoms with E-state index in [4.69, 9.17) is 10.5 Å². The molecule has 0 aliphatic carbocycles. The van der Waals surface area contributed by atoms with E-state index in [0.29, 0.717) is 18.7 Å². The summed E-state index contributed by atoms with van der Waals surface area (Å²) in [6.45, 7) is 1.83. The summed E-state index contributed by atoms with van der Waals surface area (Å²) in [5.74, 6) is 0.350. The number of nitrogens with zero attached hydrogens (tertiary/aromatic N) is 1. The number of primary amides is 1. The van der Waals surface area contributed by atoms with Gasteiger partial charge in [0, 0.05) is 25.1 Å². The number of carbonyl (C=O) groups excluding carboxylic acids is 2. The van der Waals surface area contributed by atoms with Crippen molar-refractivity contribution in [3.63, 3.8) is 0 Å². The monoisotopic (exact) mass is 350 g/mol. The SMILES string of the molecule is NC(=O)[C@@H]1CCCN(C(=O)c2ccc(-c3ccc4c(c3)OCC4)cc2)C1. The Labute approximate surface area is 152 Å². The van der Waals surface area contributed by atoms with E-state index in [-0.39, 0.29) is 17.7 Å². The van der Waals surface area contributed by atoms with Gasteiger partial charge in [0.15, 0.2) is 0 Å². The summed E-state index contributed by atoms with van der Waals surface area (Å²) in [7, 11) is 0. The largest absolute Gasteiger partial charge is 0.493 e. The minimum Gasteiger partial charge on any atom is -0.493 e. The number of hydrogen-bond donors (Lipinski definition) is 1. The summed E-state index contributed by atoms with van der Waals surface area (Å²) in [6, 6.07) is 13.9. The fourth-order valence-corrected chi connectivity index (χ4v) is 3.73. The quantitative estimate of drug-likeness (QED) is 0.925. The van der Waals surface area contributed by atoms with E-state index in [1.807, 2.05) is 24.3 Å². The highest BCUT2D eigenvalue weighted by Crippen LogP contribution is 2.31. The third-order valence-electron chi connectivity index (χ3n) is 5.27. The predicted molar refractivity (Wildman–Crippen MR) is 98.9 cm³/mol. The van der Waals surface area contributed by atoms with Gasteiger partial charge in [-0.05, 0) is 47.7 Å². The Balaban J connectivity index is 1.50. The van der Waals surface area contributed by atoms with E-state index in [1.54, 1.807) is 4.90 Å². The maximum absolute atomic E-state index is 12.7. The minimum absolute atomic E-state index is 0.0419. The molecule has 2 amide bonds. The zero-order valence-corrected chi connectivity index (χ0v) is 14.6. The lowest BCUT2D eigenvalue weighted by Gasteiger charge is -2.31. The van der Waals surface area contributed by atoms with Crippen molar-refractivity contribution in [3.8, 4) is 16.9 Å². The first-order chi connectivity index (χ1) is 12.6. The van der Waals surface area contributed by atoms with Crippen molar-refractivity contribution in [2.45, 2.75) is 19.3 Å². The van der Waals surface area contributed by atoms with Crippen molar-refractivity contribution in [1.29, 1.82) is 0 Å². The Hall–Kier alpha value is -2.82. The van der Waals surface area contributed by atoms with Crippen molar-refractivity contribution in [1.82, 2.24) is 4.90 Å². The van der Waals surface area contributed by atoms with Crippen LogP contribution in [-0.4, -0.2) is 36.4 Å². The van der Waals surface area contributed by atoms with Crippen molar-refractivity contribution < 1.29 is 14.3 Å². The summed E-state index contributed by atoms with van der Waals surface area (Å²) >= 11 is 0. The van der Waals surface area contributed by atoms with Crippen molar-refractivity contribution in [2.75, 3.05) is 19.7 Å². The number of hydrogen-bond acceptors (Lipinski definition) is 3. The molecule has 0 bridgehead atoms. The second-order valence-corrected chi connectivity index (χ2v) is 6.99. The van der Waals surface area contributed by atoms with Crippen LogP contribution >= 0.6 is 0 Å². The molecule has 134 valence electrons. The molecule has 0 radical (unpaired) electrons. The van der Waals surface area contributed by atoms with Gasteiger partial charge < -0.3 is 15.4 Å². The lowest BCUT2D eigenvalue weighted by atomic mass is 9.96. The maximum Gasteiger partial charge on any atom is 0.253 e. The summed E-state index contributed by atoms with van der Waals surface area (Å²) in [4.78, 5) is 25.9. The van der Waals surface area contributed by atoms with E-state index >= 15 is 0 Å². The highest BCUT2D eigenvalue weighted by atomic mass is 16.5. The smallest absolute Gasteiger partial charge is 0.253 e. The van der Waals surface area contributed by atoms with Gasteiger partial charge in [-0.25, -0.2) is 0 Å². The highest BCUT2D eigenvalue weighted by Gasteiger charge is 2.27. The molecule has 1 atom stereocenters. The summed E-state index contributed by atoms with van der Waals surface area (Å²) in [6.07, 6.45) is 2.54. The first-order valence-corrected chi connectivity index (χ1v) is 9.06. The Morgan fingerprint density at radius 3 is 2.62 bits per heavy atom. The van der Waals surface area contributed by atoms with Crippen LogP contribution in [-0.2, 0) is 11.2 Å². The van der Waals surface area contributed by atoms with Crippen molar-refractivity contribution in [3.05, 3.63) is 53.6 Å². The number of benzene rings is 2. The molecule has 4 rings (SSSR count). The number of amides is 2. The molecule has 2 aliphatic heterocycles. The summed E-state index contributed by atoms with van der Waals surface area (Å²) < 4.78 is 5.63. The van der Waals surface area contributed by atoms with Gasteiger partial charge in [0.1, 0.15) is 5.75 Å². The van der Waals surface area contributed by atoms with Crippen molar-refractivity contribution >= 4 is 11.8 Å². The van der Waals surface area contributed by atoms with E-state index in [1.165, 1.54) is 5.56 Å². The van der Waals surface area contributed by atoms with E-state index in [9.17, 15) is 9.59 Å². The van der Waals surface area contributed by atoms with Crippen molar-refractivity contribution in [2.24, 2.45) is 11.7 Å². The Bertz CT molecular complexity index is 845. The zero-order valence-electron chi connectivity index (χ0n) is 14.6. The fraction of sp³-hybridized carbons (Fsp3) is 0.333. The molecule has 5 nitrogen and oxygen atoms in total. The lowest BCUT2D eigenvalue weighted by Crippen LogP contribution is -2.44. The molecule has 2 heterocycles. The van der Waals surface area contributed by atoms with Gasteiger partial charge in [0.05, 0.1) is 12.5 Å². The lowest BCUT2D eigenvalue weighted by molar-refractivity contribution is -0.123. The Morgan fingerprint density at radius 1 is 1.08 bits per heavy atom. The van der Waals surface area contributed by atoms with Gasteiger partial charge in [-0.2, -0.15) is 0 Å². The second-order valence-electron chi connectivity index (χ2n) is 6.99. The van der Waals surface area contributed by atoms with E-state index in [2.05, 4.69) is 18.2 Å². The molecule has 2 aromatic rings. The molecule has 1 fully saturated rings. The molecule has 5 heteroatoms. The third-order valence-corrected chi connectivity index (χ3v) is 5.27. The number of rotatable bonds is 3. The number of nitrogens with two attached hydrogens (primary N) is 1. The van der Waals surface area contributed by atoms with Crippen LogP contribution in [0, 0.1) is 5.92 Å². The number of ether oxygens (including phenoxy) is 1. The van der Waals surface area contributed by atoms with Crippen LogP contribution in [0.3, 0.4) is 0 Å². The van der Waals surface area contributed by atoms with Gasteiger partial charge in [0.2, 0.25) is 5.91 Å². The number of carbonyl (C=O) groups is 2. The van der Waals surface area contributed by atoms with Gasteiger partial charge in [0.25, 0.3) is 5.91 Å². The van der Waals surface area contributed by atoms with E-state index in [0.717, 1.165) is 42.7 Å². The molecular formula is C21H22N2O3. The molecule has 1 saturated heterocycles. The van der Waals surface area contributed by atoms with Gasteiger partial charge in [-0.3, -0.25) is 9.59 Å². The van der Waals surface area contributed by atoms with Crippen LogP contribution in [0.2, 0.25) is 0 Å². The van der Waals surface area contributed by atoms with Gasteiger partial charge in [-0.15, -0.1) is 0 Å². The summed E-state index contributed by atoms with van der Waals surface area (Å²) in [5.41, 5.74) is 9.41. The molecule has 2 N–H and O–H groups in total. The second kappa shape index (κ2) is 6.83. The third kappa shape index (κ3) is 3.17. The molecule has 0 saturated carbocycles. The fourth-order valence-electron chi connectivity index (χ4n) is 3.73. The summed E-state index contributed by atoms with van der Waals surface area (Å²) in [5, 5.41) is 0. The Kier molecular flexibility index (Phi) is 4.37. The zero-order chi connectivity index (χ0) is 18.1. The molecule has 0 spiro atoms. The topological polar surface area (TPSA) is 72.6 Å². The van der Waals surface area contributed by atoms with Gasteiger partial charge in [-0.1, -0.05) is 24.3 Å². The minimum atomic E-state index is -0.323. The average molecular weight is 350 g/mol. The van der Waals surface area contributed by atoms with Crippen LogP contribution in [0.5, 0.6) is 5.75 Å². The van der Waals surface area contributed by atoms with Crippen LogP contribution in [0.4, 0.5) is 0 Å². The van der Waals surface area contributed by atoms with Crippen LogP contribution in [0.1, 0.15) is 28.8 Å². The standard InChI is InChI=1S/C21H22N2O3/c22-20(24)18-2-1-10-23(13-18)21(25)16-6-3-14(4-7-16)17-8-5-15-9-11-26-19(15)12-17/h3-8,12,18H,1-2,9-11,13H2,(H2,22,24)/t18-/m1/s1.